The highest BCUT2D eigenvalue weighted by Gasteiger charge is 2.10. The Bertz CT molecular complexity index is 553. The van der Waals surface area contributed by atoms with Crippen LogP contribution in [0.25, 0.3) is 0 Å². The van der Waals surface area contributed by atoms with Crippen molar-refractivity contribution in [2.45, 2.75) is 34.2 Å². The predicted octanol–water partition coefficient (Wildman–Crippen LogP) is 4.55. The van der Waals surface area contributed by atoms with Crippen LogP contribution in [0.5, 0.6) is 0 Å². The van der Waals surface area contributed by atoms with Gasteiger partial charge in [0, 0.05) is 12.7 Å². The summed E-state index contributed by atoms with van der Waals surface area (Å²) in [6.45, 7) is 9.37. The maximum atomic E-state index is 6.24. The summed E-state index contributed by atoms with van der Waals surface area (Å²) >= 11 is 6.24. The van der Waals surface area contributed by atoms with Crippen LogP contribution in [0.15, 0.2) is 24.4 Å². The molecule has 0 spiro atoms. The second kappa shape index (κ2) is 5.66. The molecular formula is C15H20ClN3. The molecule has 0 atom stereocenters. The van der Waals surface area contributed by atoms with E-state index < -0.39 is 0 Å². The van der Waals surface area contributed by atoms with Crippen LogP contribution in [-0.2, 0) is 6.54 Å². The molecule has 0 saturated heterocycles. The fourth-order valence-corrected chi connectivity index (χ4v) is 2.35. The van der Waals surface area contributed by atoms with Gasteiger partial charge in [-0.3, -0.25) is 0 Å². The minimum absolute atomic E-state index is 0.571. The molecule has 102 valence electrons. The van der Waals surface area contributed by atoms with Gasteiger partial charge < -0.3 is 9.88 Å². The lowest BCUT2D eigenvalue weighted by molar-refractivity contribution is 0.527. The third-order valence-corrected chi connectivity index (χ3v) is 3.23. The fourth-order valence-electron chi connectivity index (χ4n) is 2.08. The zero-order chi connectivity index (χ0) is 14.0. The summed E-state index contributed by atoms with van der Waals surface area (Å²) in [5, 5.41) is 4.07. The van der Waals surface area contributed by atoms with Crippen molar-refractivity contribution < 1.29 is 0 Å². The number of imidazole rings is 1. The highest BCUT2D eigenvalue weighted by atomic mass is 35.5. The van der Waals surface area contributed by atoms with Crippen molar-refractivity contribution in [3.8, 4) is 0 Å². The van der Waals surface area contributed by atoms with Crippen LogP contribution in [0.3, 0.4) is 0 Å². The molecule has 1 aromatic carbocycles. The Labute approximate surface area is 119 Å². The van der Waals surface area contributed by atoms with Gasteiger partial charge in [-0.15, -0.1) is 0 Å². The standard InChI is InChI=1S/C15H20ClN3/c1-10(2)8-19-9-12(4)17-15(19)18-14-11(3)6-5-7-13(14)16/h5-7,9-10H,8H2,1-4H3,(H,17,18). The van der Waals surface area contributed by atoms with Crippen LogP contribution >= 0.6 is 11.6 Å². The number of halogens is 1. The Morgan fingerprint density at radius 3 is 2.68 bits per heavy atom. The van der Waals surface area contributed by atoms with Crippen LogP contribution in [0.2, 0.25) is 5.02 Å². The van der Waals surface area contributed by atoms with Gasteiger partial charge >= 0.3 is 0 Å². The smallest absolute Gasteiger partial charge is 0.207 e. The molecule has 4 heteroatoms. The Balaban J connectivity index is 2.33. The van der Waals surface area contributed by atoms with E-state index >= 15 is 0 Å². The van der Waals surface area contributed by atoms with Crippen molar-refractivity contribution in [2.75, 3.05) is 5.32 Å². The molecule has 2 aromatic rings. The molecule has 0 radical (unpaired) electrons. The molecule has 0 unspecified atom stereocenters. The average molecular weight is 278 g/mol. The lowest BCUT2D eigenvalue weighted by Gasteiger charge is -2.14. The molecular weight excluding hydrogens is 258 g/mol. The van der Waals surface area contributed by atoms with E-state index in [1.54, 1.807) is 0 Å². The molecule has 1 aromatic heterocycles. The van der Waals surface area contributed by atoms with Gasteiger partial charge in [0.2, 0.25) is 5.95 Å². The molecule has 0 aliphatic carbocycles. The summed E-state index contributed by atoms with van der Waals surface area (Å²) < 4.78 is 2.14. The van der Waals surface area contributed by atoms with Crippen molar-refractivity contribution in [1.29, 1.82) is 0 Å². The van der Waals surface area contributed by atoms with E-state index in [9.17, 15) is 0 Å². The molecule has 0 amide bonds. The molecule has 2 rings (SSSR count). The first-order valence-corrected chi connectivity index (χ1v) is 6.91. The zero-order valence-corrected chi connectivity index (χ0v) is 12.6. The van der Waals surface area contributed by atoms with Crippen molar-refractivity contribution >= 4 is 23.2 Å². The molecule has 0 fully saturated rings. The SMILES string of the molecule is Cc1cn(CC(C)C)c(Nc2c(C)cccc2Cl)n1. The van der Waals surface area contributed by atoms with E-state index in [0.29, 0.717) is 5.92 Å². The first-order chi connectivity index (χ1) is 8.97. The van der Waals surface area contributed by atoms with Gasteiger partial charge in [-0.2, -0.15) is 0 Å². The average Bonchev–Trinajstić information content (AvgIpc) is 2.63. The Morgan fingerprint density at radius 1 is 1.32 bits per heavy atom. The predicted molar refractivity (Wildman–Crippen MR) is 81.3 cm³/mol. The van der Waals surface area contributed by atoms with Crippen molar-refractivity contribution in [3.63, 3.8) is 0 Å². The lowest BCUT2D eigenvalue weighted by Crippen LogP contribution is -2.08. The van der Waals surface area contributed by atoms with Crippen LogP contribution in [0.4, 0.5) is 11.6 Å². The van der Waals surface area contributed by atoms with E-state index in [2.05, 4.69) is 34.9 Å². The minimum Gasteiger partial charge on any atom is -0.324 e. The molecule has 3 nitrogen and oxygen atoms in total. The highest BCUT2D eigenvalue weighted by molar-refractivity contribution is 6.33. The van der Waals surface area contributed by atoms with Gasteiger partial charge in [0.1, 0.15) is 0 Å². The number of hydrogen-bond donors (Lipinski definition) is 1. The minimum atomic E-state index is 0.571. The molecule has 19 heavy (non-hydrogen) atoms. The van der Waals surface area contributed by atoms with Crippen molar-refractivity contribution in [3.05, 3.63) is 40.7 Å². The molecule has 0 bridgehead atoms. The first-order valence-electron chi connectivity index (χ1n) is 6.53. The number of para-hydroxylation sites is 1. The van der Waals surface area contributed by atoms with Gasteiger partial charge in [0.25, 0.3) is 0 Å². The zero-order valence-electron chi connectivity index (χ0n) is 11.9. The number of benzene rings is 1. The van der Waals surface area contributed by atoms with Gasteiger partial charge in [0.05, 0.1) is 16.4 Å². The van der Waals surface area contributed by atoms with Crippen LogP contribution in [0, 0.1) is 19.8 Å². The van der Waals surface area contributed by atoms with Gasteiger partial charge in [0.15, 0.2) is 0 Å². The van der Waals surface area contributed by atoms with Crippen LogP contribution in [-0.4, -0.2) is 9.55 Å². The molecule has 0 aliphatic heterocycles. The lowest BCUT2D eigenvalue weighted by atomic mass is 10.2. The van der Waals surface area contributed by atoms with E-state index in [4.69, 9.17) is 11.6 Å². The van der Waals surface area contributed by atoms with Gasteiger partial charge in [-0.25, -0.2) is 4.98 Å². The highest BCUT2D eigenvalue weighted by Crippen LogP contribution is 2.28. The fraction of sp³-hybridized carbons (Fsp3) is 0.400. The summed E-state index contributed by atoms with van der Waals surface area (Å²) in [7, 11) is 0. The topological polar surface area (TPSA) is 29.9 Å². The third kappa shape index (κ3) is 3.29. The monoisotopic (exact) mass is 277 g/mol. The van der Waals surface area contributed by atoms with E-state index in [1.165, 1.54) is 0 Å². The summed E-state index contributed by atoms with van der Waals surface area (Å²) in [4.78, 5) is 4.53. The molecule has 0 aliphatic rings. The number of aryl methyl sites for hydroxylation is 2. The maximum Gasteiger partial charge on any atom is 0.207 e. The van der Waals surface area contributed by atoms with Crippen LogP contribution < -0.4 is 5.32 Å². The summed E-state index contributed by atoms with van der Waals surface area (Å²) in [5.74, 6) is 1.42. The van der Waals surface area contributed by atoms with Gasteiger partial charge in [-0.1, -0.05) is 37.6 Å². The largest absolute Gasteiger partial charge is 0.324 e. The summed E-state index contributed by atoms with van der Waals surface area (Å²) in [6.07, 6.45) is 2.06. The van der Waals surface area contributed by atoms with Crippen LogP contribution in [0.1, 0.15) is 25.1 Å². The number of anilines is 2. The Morgan fingerprint density at radius 2 is 2.05 bits per heavy atom. The summed E-state index contributed by atoms with van der Waals surface area (Å²) in [6, 6.07) is 5.88. The molecule has 1 heterocycles. The quantitative estimate of drug-likeness (QED) is 0.888. The molecule has 1 N–H and O–H groups in total. The number of rotatable bonds is 4. The molecule has 0 saturated carbocycles. The van der Waals surface area contributed by atoms with E-state index in [1.807, 2.05) is 32.0 Å². The third-order valence-electron chi connectivity index (χ3n) is 2.92. The summed E-state index contributed by atoms with van der Waals surface area (Å²) in [5.41, 5.74) is 3.05. The normalized spacial score (nSPS) is 11.1. The Hall–Kier alpha value is -1.48. The van der Waals surface area contributed by atoms with Crippen molar-refractivity contribution in [2.24, 2.45) is 5.92 Å². The van der Waals surface area contributed by atoms with Gasteiger partial charge in [-0.05, 0) is 31.4 Å². The second-order valence-electron chi connectivity index (χ2n) is 5.31. The number of nitrogens with one attached hydrogen (secondary N) is 1. The first kappa shape index (κ1) is 13.9. The number of hydrogen-bond acceptors (Lipinski definition) is 2. The number of aromatic nitrogens is 2. The second-order valence-corrected chi connectivity index (χ2v) is 5.72. The maximum absolute atomic E-state index is 6.24. The van der Waals surface area contributed by atoms with Crippen molar-refractivity contribution in [1.82, 2.24) is 9.55 Å². The van der Waals surface area contributed by atoms with E-state index in [-0.39, 0.29) is 0 Å². The number of nitrogens with zero attached hydrogens (tertiary/aromatic N) is 2. The Kier molecular flexibility index (Phi) is 4.15. The van der Waals surface area contributed by atoms with E-state index in [0.717, 1.165) is 34.5 Å².